The summed E-state index contributed by atoms with van der Waals surface area (Å²) in [6.07, 6.45) is 1.67. The number of hydrogen-bond donors (Lipinski definition) is 0. The molecular weight excluding hydrogens is 231 g/mol. The van der Waals surface area contributed by atoms with E-state index in [0.717, 1.165) is 0 Å². The van der Waals surface area contributed by atoms with Crippen LogP contribution in [0.4, 0.5) is 11.5 Å². The molecule has 0 amide bonds. The van der Waals surface area contributed by atoms with Crippen molar-refractivity contribution in [3.05, 3.63) is 52.6 Å². The standard InChI is InChI=1S/C11H7Cl2N2/c12-8-4-3-5-9(13)11(8)15-10-6-1-2-7-14-10/h1-7H. The molecule has 15 heavy (non-hydrogen) atoms. The Morgan fingerprint density at radius 3 is 2.27 bits per heavy atom. The van der Waals surface area contributed by atoms with Crippen LogP contribution in [0.5, 0.6) is 0 Å². The van der Waals surface area contributed by atoms with Gasteiger partial charge in [-0.25, -0.2) is 10.3 Å². The minimum Gasteiger partial charge on any atom is -0.237 e. The highest BCUT2D eigenvalue weighted by Gasteiger charge is 2.07. The quantitative estimate of drug-likeness (QED) is 0.777. The van der Waals surface area contributed by atoms with Gasteiger partial charge in [-0.05, 0) is 24.3 Å². The lowest BCUT2D eigenvalue weighted by Crippen LogP contribution is -1.92. The van der Waals surface area contributed by atoms with Crippen LogP contribution in [0, 0.1) is 0 Å². The van der Waals surface area contributed by atoms with Gasteiger partial charge >= 0.3 is 0 Å². The van der Waals surface area contributed by atoms with Crippen LogP contribution in [0.1, 0.15) is 0 Å². The van der Waals surface area contributed by atoms with Gasteiger partial charge in [-0.2, -0.15) is 0 Å². The minimum atomic E-state index is 0.521. The van der Waals surface area contributed by atoms with E-state index in [2.05, 4.69) is 10.3 Å². The Hall–Kier alpha value is -1.25. The largest absolute Gasteiger partial charge is 0.237 e. The molecule has 0 spiro atoms. The average molecular weight is 238 g/mol. The fourth-order valence-electron chi connectivity index (χ4n) is 1.13. The molecular formula is C11H7Cl2N2. The van der Waals surface area contributed by atoms with Gasteiger partial charge in [-0.15, -0.1) is 0 Å². The maximum Gasteiger partial charge on any atom is 0.152 e. The van der Waals surface area contributed by atoms with Crippen molar-refractivity contribution in [3.63, 3.8) is 0 Å². The van der Waals surface area contributed by atoms with Crippen molar-refractivity contribution in [3.8, 4) is 0 Å². The van der Waals surface area contributed by atoms with Crippen molar-refractivity contribution in [1.29, 1.82) is 0 Å². The third-order valence-corrected chi connectivity index (χ3v) is 2.42. The van der Waals surface area contributed by atoms with Gasteiger partial charge in [0.1, 0.15) is 5.69 Å². The van der Waals surface area contributed by atoms with Crippen molar-refractivity contribution in [2.24, 2.45) is 0 Å². The fraction of sp³-hybridized carbons (Fsp3) is 0. The summed E-state index contributed by atoms with van der Waals surface area (Å²) in [6, 6.07) is 10.7. The Bertz CT molecular complexity index is 437. The number of pyridine rings is 1. The fourth-order valence-corrected chi connectivity index (χ4v) is 1.61. The van der Waals surface area contributed by atoms with Gasteiger partial charge < -0.3 is 0 Å². The number of para-hydroxylation sites is 1. The minimum absolute atomic E-state index is 0.521. The van der Waals surface area contributed by atoms with Crippen LogP contribution in [0.2, 0.25) is 10.0 Å². The maximum absolute atomic E-state index is 5.97. The van der Waals surface area contributed by atoms with E-state index >= 15 is 0 Å². The first-order chi connectivity index (χ1) is 7.27. The van der Waals surface area contributed by atoms with E-state index < -0.39 is 0 Å². The number of halogens is 2. The topological polar surface area (TPSA) is 27.0 Å². The molecule has 0 saturated carbocycles. The highest BCUT2D eigenvalue weighted by atomic mass is 35.5. The molecule has 0 aliphatic carbocycles. The Morgan fingerprint density at radius 2 is 1.67 bits per heavy atom. The molecule has 1 aromatic heterocycles. The molecule has 0 aliphatic heterocycles. The summed E-state index contributed by atoms with van der Waals surface area (Å²) in [5, 5.41) is 5.31. The summed E-state index contributed by atoms with van der Waals surface area (Å²) in [4.78, 5) is 4.07. The first-order valence-electron chi connectivity index (χ1n) is 4.34. The number of aromatic nitrogens is 1. The van der Waals surface area contributed by atoms with Crippen molar-refractivity contribution in [1.82, 2.24) is 10.3 Å². The first-order valence-corrected chi connectivity index (χ1v) is 5.10. The molecule has 1 radical (unpaired) electrons. The van der Waals surface area contributed by atoms with Crippen LogP contribution >= 0.6 is 23.2 Å². The summed E-state index contributed by atoms with van der Waals surface area (Å²) < 4.78 is 0. The highest BCUT2D eigenvalue weighted by Crippen LogP contribution is 2.31. The van der Waals surface area contributed by atoms with Crippen LogP contribution in [-0.4, -0.2) is 4.98 Å². The van der Waals surface area contributed by atoms with Crippen LogP contribution in [0.3, 0.4) is 0 Å². The zero-order chi connectivity index (χ0) is 10.7. The van der Waals surface area contributed by atoms with Gasteiger partial charge in [0, 0.05) is 6.20 Å². The predicted molar refractivity (Wildman–Crippen MR) is 62.2 cm³/mol. The normalized spacial score (nSPS) is 10.0. The molecule has 0 bridgehead atoms. The van der Waals surface area contributed by atoms with Crippen molar-refractivity contribution < 1.29 is 0 Å². The van der Waals surface area contributed by atoms with Gasteiger partial charge in [0.2, 0.25) is 0 Å². The van der Waals surface area contributed by atoms with Crippen LogP contribution in [0.25, 0.3) is 0 Å². The summed E-state index contributed by atoms with van der Waals surface area (Å²) in [5.41, 5.74) is 0.555. The summed E-state index contributed by atoms with van der Waals surface area (Å²) in [6.45, 7) is 0. The molecule has 75 valence electrons. The third kappa shape index (κ3) is 2.41. The van der Waals surface area contributed by atoms with Crippen LogP contribution in [0.15, 0.2) is 42.6 Å². The molecule has 2 aromatic rings. The maximum atomic E-state index is 5.97. The molecule has 2 rings (SSSR count). The van der Waals surface area contributed by atoms with Crippen molar-refractivity contribution >= 4 is 34.7 Å². The molecule has 0 unspecified atom stereocenters. The third-order valence-electron chi connectivity index (χ3n) is 1.81. The summed E-state index contributed by atoms with van der Waals surface area (Å²) in [7, 11) is 0. The summed E-state index contributed by atoms with van der Waals surface area (Å²) in [5.74, 6) is 0.590. The van der Waals surface area contributed by atoms with Crippen LogP contribution < -0.4 is 5.32 Å². The van der Waals surface area contributed by atoms with Gasteiger partial charge in [0.05, 0.1) is 10.0 Å². The Morgan fingerprint density at radius 1 is 0.933 bits per heavy atom. The second-order valence-corrected chi connectivity index (χ2v) is 3.68. The molecule has 1 aromatic carbocycles. The molecule has 0 saturated heterocycles. The highest BCUT2D eigenvalue weighted by molar-refractivity contribution is 6.38. The Labute approximate surface area is 97.9 Å². The number of benzene rings is 1. The van der Waals surface area contributed by atoms with E-state index in [-0.39, 0.29) is 0 Å². The van der Waals surface area contributed by atoms with Crippen molar-refractivity contribution in [2.75, 3.05) is 0 Å². The molecule has 4 heteroatoms. The van der Waals surface area contributed by atoms with Crippen molar-refractivity contribution in [2.45, 2.75) is 0 Å². The molecule has 0 fully saturated rings. The number of hydrogen-bond acceptors (Lipinski definition) is 1. The average Bonchev–Trinajstić information content (AvgIpc) is 2.25. The van der Waals surface area contributed by atoms with Gasteiger partial charge in [-0.3, -0.25) is 0 Å². The molecule has 2 nitrogen and oxygen atoms in total. The van der Waals surface area contributed by atoms with Gasteiger partial charge in [0.15, 0.2) is 5.82 Å². The van der Waals surface area contributed by atoms with Gasteiger partial charge in [0.25, 0.3) is 0 Å². The summed E-state index contributed by atoms with van der Waals surface area (Å²) >= 11 is 11.9. The Kier molecular flexibility index (Phi) is 3.09. The molecule has 0 N–H and O–H groups in total. The lowest BCUT2D eigenvalue weighted by Gasteiger charge is -2.05. The molecule has 1 heterocycles. The lowest BCUT2D eigenvalue weighted by atomic mass is 10.3. The lowest BCUT2D eigenvalue weighted by molar-refractivity contribution is 1.10. The smallest absolute Gasteiger partial charge is 0.152 e. The number of nitrogens with zero attached hydrogens (tertiary/aromatic N) is 2. The molecule has 0 atom stereocenters. The molecule has 0 aliphatic rings. The van der Waals surface area contributed by atoms with Gasteiger partial charge in [-0.1, -0.05) is 35.3 Å². The van der Waals surface area contributed by atoms with E-state index in [1.54, 1.807) is 30.5 Å². The Balaban J connectivity index is 2.32. The first kappa shape index (κ1) is 10.3. The number of rotatable bonds is 2. The van der Waals surface area contributed by atoms with E-state index in [0.29, 0.717) is 21.6 Å². The van der Waals surface area contributed by atoms with E-state index in [4.69, 9.17) is 23.2 Å². The van der Waals surface area contributed by atoms with E-state index in [1.807, 2.05) is 12.1 Å². The second kappa shape index (κ2) is 4.51. The second-order valence-electron chi connectivity index (χ2n) is 2.87. The zero-order valence-corrected chi connectivity index (χ0v) is 9.20. The van der Waals surface area contributed by atoms with E-state index in [9.17, 15) is 0 Å². The monoisotopic (exact) mass is 237 g/mol. The predicted octanol–water partition coefficient (Wildman–Crippen LogP) is 3.96. The zero-order valence-electron chi connectivity index (χ0n) is 7.69. The SMILES string of the molecule is Clc1cccc(Cl)c1[N]c1ccccn1. The van der Waals surface area contributed by atoms with E-state index in [1.165, 1.54) is 0 Å². The van der Waals surface area contributed by atoms with Crippen LogP contribution in [-0.2, 0) is 0 Å².